The van der Waals surface area contributed by atoms with Crippen LogP contribution in [0.5, 0.6) is 0 Å². The van der Waals surface area contributed by atoms with Gasteiger partial charge in [0.25, 0.3) is 0 Å². The second-order valence-electron chi connectivity index (χ2n) is 3.15. The molecule has 1 rings (SSSR count). The lowest BCUT2D eigenvalue weighted by atomic mass is 10.1. The molecule has 1 heterocycles. The smallest absolute Gasteiger partial charge is 0.0172 e. The van der Waals surface area contributed by atoms with E-state index >= 15 is 0 Å². The Bertz CT molecular complexity index is 152. The summed E-state index contributed by atoms with van der Waals surface area (Å²) >= 11 is 0. The highest BCUT2D eigenvalue weighted by Gasteiger charge is 2.03. The van der Waals surface area contributed by atoms with E-state index in [1.54, 1.807) is 0 Å². The molecule has 0 saturated carbocycles. The minimum Gasteiger partial charge on any atom is -0.377 e. The first-order valence-corrected chi connectivity index (χ1v) is 4.80. The zero-order valence-electron chi connectivity index (χ0n) is 7.71. The summed E-state index contributed by atoms with van der Waals surface area (Å²) in [7, 11) is 0. The number of nitrogens with zero attached hydrogens (tertiary/aromatic N) is 1. The molecule has 0 unspecified atom stereocenters. The fraction of sp³-hybridized carbons (Fsp3) is 0.545. The quantitative estimate of drug-likeness (QED) is 0.580. The van der Waals surface area contributed by atoms with E-state index in [9.17, 15) is 0 Å². The Morgan fingerprint density at radius 2 is 1.83 bits per heavy atom. The Kier molecular flexibility index (Phi) is 4.58. The molecule has 1 fully saturated rings. The van der Waals surface area contributed by atoms with Gasteiger partial charge in [-0.1, -0.05) is 12.2 Å². The van der Waals surface area contributed by atoms with Crippen molar-refractivity contribution in [2.24, 2.45) is 0 Å². The molecule has 0 bridgehead atoms. The average molecular weight is 164 g/mol. The number of piperidine rings is 1. The van der Waals surface area contributed by atoms with Gasteiger partial charge in [-0.05, 0) is 44.9 Å². The summed E-state index contributed by atoms with van der Waals surface area (Å²) in [5.74, 6) is 0. The molecule has 67 valence electrons. The van der Waals surface area contributed by atoms with Gasteiger partial charge in [0.15, 0.2) is 0 Å². The van der Waals surface area contributed by atoms with Crippen LogP contribution in [0.3, 0.4) is 0 Å². The van der Waals surface area contributed by atoms with Crippen LogP contribution in [0.1, 0.15) is 25.7 Å². The van der Waals surface area contributed by atoms with Crippen LogP contribution < -0.4 is 0 Å². The summed E-state index contributed by atoms with van der Waals surface area (Å²) in [6.07, 6.45) is 13.4. The van der Waals surface area contributed by atoms with Crippen LogP contribution in [-0.4, -0.2) is 18.0 Å². The van der Waals surface area contributed by atoms with E-state index in [-0.39, 0.29) is 0 Å². The van der Waals surface area contributed by atoms with Crippen LogP contribution in [0.15, 0.2) is 24.4 Å². The van der Waals surface area contributed by atoms with Gasteiger partial charge in [0.05, 0.1) is 0 Å². The molecule has 0 atom stereocenters. The molecule has 1 saturated heterocycles. The first-order valence-electron chi connectivity index (χ1n) is 4.80. The van der Waals surface area contributed by atoms with Crippen molar-refractivity contribution >= 4 is 0 Å². The number of allylic oxidation sites excluding steroid dienone is 3. The van der Waals surface area contributed by atoms with Gasteiger partial charge in [0.2, 0.25) is 0 Å². The highest BCUT2D eigenvalue weighted by molar-refractivity contribution is 5.02. The molecular weight excluding hydrogens is 146 g/mol. The van der Waals surface area contributed by atoms with Crippen molar-refractivity contribution in [2.75, 3.05) is 13.1 Å². The number of hydrogen-bond donors (Lipinski definition) is 0. The van der Waals surface area contributed by atoms with Crippen LogP contribution in [0.2, 0.25) is 0 Å². The van der Waals surface area contributed by atoms with E-state index in [1.165, 1.54) is 32.4 Å². The summed E-state index contributed by atoms with van der Waals surface area (Å²) in [6.45, 7) is 6.20. The third kappa shape index (κ3) is 3.61. The zero-order chi connectivity index (χ0) is 8.65. The van der Waals surface area contributed by atoms with E-state index < -0.39 is 0 Å². The molecule has 1 radical (unpaired) electrons. The molecule has 0 aromatic heterocycles. The first-order chi connectivity index (χ1) is 5.93. The molecule has 0 aliphatic carbocycles. The summed E-state index contributed by atoms with van der Waals surface area (Å²) in [6, 6.07) is 0. The van der Waals surface area contributed by atoms with Crippen molar-refractivity contribution in [3.05, 3.63) is 31.4 Å². The van der Waals surface area contributed by atoms with Gasteiger partial charge >= 0.3 is 0 Å². The monoisotopic (exact) mass is 164 g/mol. The van der Waals surface area contributed by atoms with Crippen LogP contribution in [0.25, 0.3) is 0 Å². The zero-order valence-corrected chi connectivity index (χ0v) is 7.71. The maximum absolute atomic E-state index is 3.74. The molecule has 0 N–H and O–H groups in total. The molecule has 0 aromatic carbocycles. The molecular formula is C11H18N. The largest absolute Gasteiger partial charge is 0.377 e. The molecule has 1 nitrogen and oxygen atoms in total. The summed E-state index contributed by atoms with van der Waals surface area (Å²) in [4.78, 5) is 2.39. The predicted molar refractivity (Wildman–Crippen MR) is 53.7 cm³/mol. The number of likely N-dealkylation sites (tertiary alicyclic amines) is 1. The molecule has 0 amide bonds. The standard InChI is InChI=1S/C11H18N/c1-2-3-4-6-9-12-10-7-5-8-11-12/h3-4,6,9H,1-2,5,7-8,10-11H2/b4-3+,9-6+. The molecule has 0 spiro atoms. The van der Waals surface area contributed by atoms with E-state index in [1.807, 2.05) is 0 Å². The van der Waals surface area contributed by atoms with E-state index in [2.05, 4.69) is 36.3 Å². The van der Waals surface area contributed by atoms with Gasteiger partial charge in [-0.15, -0.1) is 0 Å². The van der Waals surface area contributed by atoms with Crippen molar-refractivity contribution < 1.29 is 0 Å². The first kappa shape index (κ1) is 9.37. The Labute approximate surface area is 75.8 Å². The fourth-order valence-corrected chi connectivity index (χ4v) is 1.41. The third-order valence-electron chi connectivity index (χ3n) is 2.10. The fourth-order valence-electron chi connectivity index (χ4n) is 1.41. The molecule has 0 aromatic rings. The second-order valence-corrected chi connectivity index (χ2v) is 3.15. The van der Waals surface area contributed by atoms with Gasteiger partial charge in [0, 0.05) is 13.1 Å². The van der Waals surface area contributed by atoms with Gasteiger partial charge in [-0.25, -0.2) is 0 Å². The number of rotatable bonds is 3. The summed E-state index contributed by atoms with van der Waals surface area (Å²) in [5.41, 5.74) is 0. The van der Waals surface area contributed by atoms with Crippen molar-refractivity contribution in [3.63, 3.8) is 0 Å². The average Bonchev–Trinajstić information content (AvgIpc) is 2.14. The van der Waals surface area contributed by atoms with E-state index in [4.69, 9.17) is 0 Å². The number of hydrogen-bond acceptors (Lipinski definition) is 1. The topological polar surface area (TPSA) is 3.24 Å². The highest BCUT2D eigenvalue weighted by atomic mass is 15.1. The Morgan fingerprint density at radius 1 is 1.08 bits per heavy atom. The Hall–Kier alpha value is -0.720. The maximum atomic E-state index is 3.74. The predicted octanol–water partition coefficient (Wildman–Crippen LogP) is 2.77. The molecule has 1 aliphatic heterocycles. The van der Waals surface area contributed by atoms with Crippen LogP contribution in [0.4, 0.5) is 0 Å². The van der Waals surface area contributed by atoms with Crippen LogP contribution >= 0.6 is 0 Å². The summed E-state index contributed by atoms with van der Waals surface area (Å²) < 4.78 is 0. The lowest BCUT2D eigenvalue weighted by Crippen LogP contribution is -2.23. The maximum Gasteiger partial charge on any atom is 0.0172 e. The van der Waals surface area contributed by atoms with Gasteiger partial charge < -0.3 is 4.90 Å². The molecule has 1 heteroatoms. The van der Waals surface area contributed by atoms with Crippen molar-refractivity contribution in [2.45, 2.75) is 25.7 Å². The molecule has 12 heavy (non-hydrogen) atoms. The van der Waals surface area contributed by atoms with Gasteiger partial charge in [-0.3, -0.25) is 0 Å². The summed E-state index contributed by atoms with van der Waals surface area (Å²) in [5, 5.41) is 0. The molecule has 1 aliphatic rings. The SMILES string of the molecule is [CH2]C/C=C/C=C/N1CCCCC1. The van der Waals surface area contributed by atoms with Crippen LogP contribution in [0, 0.1) is 6.92 Å². The third-order valence-corrected chi connectivity index (χ3v) is 2.10. The van der Waals surface area contributed by atoms with E-state index in [0.29, 0.717) is 0 Å². The van der Waals surface area contributed by atoms with Crippen molar-refractivity contribution in [1.82, 2.24) is 4.90 Å². The Balaban J connectivity index is 2.19. The highest BCUT2D eigenvalue weighted by Crippen LogP contribution is 2.08. The Morgan fingerprint density at radius 3 is 2.50 bits per heavy atom. The lowest BCUT2D eigenvalue weighted by Gasteiger charge is -2.24. The van der Waals surface area contributed by atoms with Gasteiger partial charge in [-0.2, -0.15) is 0 Å². The normalized spacial score (nSPS) is 19.6. The van der Waals surface area contributed by atoms with Gasteiger partial charge in [0.1, 0.15) is 0 Å². The van der Waals surface area contributed by atoms with Crippen LogP contribution in [-0.2, 0) is 0 Å². The van der Waals surface area contributed by atoms with Crippen molar-refractivity contribution in [1.29, 1.82) is 0 Å². The minimum atomic E-state index is 0.879. The lowest BCUT2D eigenvalue weighted by molar-refractivity contribution is 0.309. The minimum absolute atomic E-state index is 0.879. The van der Waals surface area contributed by atoms with E-state index in [0.717, 1.165) is 6.42 Å². The van der Waals surface area contributed by atoms with Crippen molar-refractivity contribution in [3.8, 4) is 0 Å². The second kappa shape index (κ2) is 5.87.